The summed E-state index contributed by atoms with van der Waals surface area (Å²) in [6, 6.07) is 5.39. The van der Waals surface area contributed by atoms with Gasteiger partial charge in [-0.05, 0) is 26.0 Å². The van der Waals surface area contributed by atoms with E-state index in [0.29, 0.717) is 13.2 Å². The average molecular weight is 284 g/mol. The molecule has 0 bridgehead atoms. The van der Waals surface area contributed by atoms with E-state index in [1.807, 2.05) is 19.9 Å². The monoisotopic (exact) mass is 284 g/mol. The maximum Gasteiger partial charge on any atom is 0.217 e. The summed E-state index contributed by atoms with van der Waals surface area (Å²) in [4.78, 5) is 0. The van der Waals surface area contributed by atoms with Gasteiger partial charge in [-0.1, -0.05) is 38.9 Å². The van der Waals surface area contributed by atoms with E-state index in [4.69, 9.17) is 13.9 Å². The number of ether oxygens (including phenoxy) is 2. The van der Waals surface area contributed by atoms with Gasteiger partial charge in [-0.15, -0.1) is 0 Å². The summed E-state index contributed by atoms with van der Waals surface area (Å²) in [6.07, 6.45) is 2.15. The molecule has 4 heteroatoms. The van der Waals surface area contributed by atoms with E-state index in [9.17, 15) is 0 Å². The quantitative estimate of drug-likeness (QED) is 0.506. The van der Waals surface area contributed by atoms with Crippen LogP contribution in [0.4, 0.5) is 0 Å². The lowest BCUT2D eigenvalue weighted by atomic mass is 10.4. The normalized spacial score (nSPS) is 12.3. The van der Waals surface area contributed by atoms with Gasteiger partial charge < -0.3 is 13.9 Å². The van der Waals surface area contributed by atoms with Crippen molar-refractivity contribution in [2.75, 3.05) is 13.2 Å². The Morgan fingerprint density at radius 3 is 2.26 bits per heavy atom. The average Bonchev–Trinajstić information content (AvgIpc) is 2.86. The third kappa shape index (κ3) is 4.78. The highest BCUT2D eigenvalue weighted by Gasteiger charge is 2.28. The molecule has 0 unspecified atom stereocenters. The van der Waals surface area contributed by atoms with Gasteiger partial charge in [0.05, 0.1) is 5.38 Å². The van der Waals surface area contributed by atoms with Crippen LogP contribution in [0.3, 0.4) is 0 Å². The van der Waals surface area contributed by atoms with Crippen molar-refractivity contribution in [3.63, 3.8) is 0 Å². The molecule has 0 N–H and O–H groups in total. The van der Waals surface area contributed by atoms with Crippen molar-refractivity contribution in [2.24, 2.45) is 0 Å². The predicted octanol–water partition coefficient (Wildman–Crippen LogP) is 4.07. The molecule has 19 heavy (non-hydrogen) atoms. The lowest BCUT2D eigenvalue weighted by molar-refractivity contribution is -0.150. The smallest absolute Gasteiger partial charge is 0.217 e. The number of hydrogen-bond acceptors (Lipinski definition) is 3. The SMILES string of the molecule is CCCC[Si](C)(C)c1ccc(C(OCC)OCC)o1. The summed E-state index contributed by atoms with van der Waals surface area (Å²) in [7, 11) is -1.45. The van der Waals surface area contributed by atoms with Crippen LogP contribution in [0, 0.1) is 0 Å². The van der Waals surface area contributed by atoms with Crippen LogP contribution in [0.15, 0.2) is 16.5 Å². The van der Waals surface area contributed by atoms with E-state index in [1.165, 1.54) is 18.9 Å². The number of furan rings is 1. The number of unbranched alkanes of at least 4 members (excludes halogenated alkanes) is 1. The predicted molar refractivity (Wildman–Crippen MR) is 81.5 cm³/mol. The van der Waals surface area contributed by atoms with E-state index >= 15 is 0 Å². The van der Waals surface area contributed by atoms with E-state index in [0.717, 1.165) is 11.1 Å². The van der Waals surface area contributed by atoms with Gasteiger partial charge in [-0.25, -0.2) is 0 Å². The first-order valence-electron chi connectivity index (χ1n) is 7.38. The highest BCUT2D eigenvalue weighted by atomic mass is 28.3. The Labute approximate surface area is 118 Å². The van der Waals surface area contributed by atoms with Gasteiger partial charge in [0.2, 0.25) is 6.29 Å². The largest absolute Gasteiger partial charge is 0.466 e. The van der Waals surface area contributed by atoms with Crippen LogP contribution >= 0.6 is 0 Å². The minimum Gasteiger partial charge on any atom is -0.466 e. The van der Waals surface area contributed by atoms with Crippen molar-refractivity contribution >= 4 is 13.5 Å². The van der Waals surface area contributed by atoms with Gasteiger partial charge in [0.15, 0.2) is 5.76 Å². The van der Waals surface area contributed by atoms with E-state index < -0.39 is 8.07 Å². The Hall–Kier alpha value is -0.583. The summed E-state index contributed by atoms with van der Waals surface area (Å²) in [6.45, 7) is 12.1. The Morgan fingerprint density at radius 2 is 1.74 bits per heavy atom. The van der Waals surface area contributed by atoms with Crippen LogP contribution in [0.5, 0.6) is 0 Å². The molecule has 0 amide bonds. The van der Waals surface area contributed by atoms with Gasteiger partial charge in [0.25, 0.3) is 0 Å². The molecule has 0 spiro atoms. The third-order valence-corrected chi connectivity index (χ3v) is 6.52. The second kappa shape index (κ2) is 7.87. The van der Waals surface area contributed by atoms with Gasteiger partial charge in [0.1, 0.15) is 8.07 Å². The Bertz CT molecular complexity index is 354. The second-order valence-corrected chi connectivity index (χ2v) is 10.2. The molecule has 0 radical (unpaired) electrons. The van der Waals surface area contributed by atoms with Crippen molar-refractivity contribution in [1.82, 2.24) is 0 Å². The molecule has 0 fully saturated rings. The molecule has 0 aliphatic carbocycles. The molecule has 0 saturated heterocycles. The van der Waals surface area contributed by atoms with Crippen LogP contribution in [-0.4, -0.2) is 21.3 Å². The lowest BCUT2D eigenvalue weighted by Crippen LogP contribution is -2.40. The van der Waals surface area contributed by atoms with E-state index in [2.05, 4.69) is 26.1 Å². The van der Waals surface area contributed by atoms with Crippen molar-refractivity contribution < 1.29 is 13.9 Å². The van der Waals surface area contributed by atoms with Crippen LogP contribution < -0.4 is 5.38 Å². The van der Waals surface area contributed by atoms with Crippen molar-refractivity contribution in [2.45, 2.75) is 59.0 Å². The van der Waals surface area contributed by atoms with Gasteiger partial charge in [0, 0.05) is 13.2 Å². The van der Waals surface area contributed by atoms with Crippen molar-refractivity contribution in [1.29, 1.82) is 0 Å². The fourth-order valence-electron chi connectivity index (χ4n) is 2.10. The van der Waals surface area contributed by atoms with Crippen molar-refractivity contribution in [3.05, 3.63) is 17.9 Å². The molecule has 3 nitrogen and oxygen atoms in total. The summed E-state index contributed by atoms with van der Waals surface area (Å²) in [5.41, 5.74) is 0. The Balaban J connectivity index is 2.78. The zero-order valence-corrected chi connectivity index (χ0v) is 14.0. The zero-order valence-electron chi connectivity index (χ0n) is 13.0. The van der Waals surface area contributed by atoms with Gasteiger partial charge in [-0.3, -0.25) is 0 Å². The minimum atomic E-state index is -1.45. The first kappa shape index (κ1) is 16.5. The van der Waals surface area contributed by atoms with Crippen LogP contribution in [0.1, 0.15) is 45.7 Å². The molecule has 0 aromatic carbocycles. The van der Waals surface area contributed by atoms with Gasteiger partial charge in [-0.2, -0.15) is 0 Å². The van der Waals surface area contributed by atoms with E-state index in [1.54, 1.807) is 0 Å². The van der Waals surface area contributed by atoms with Crippen LogP contribution in [-0.2, 0) is 9.47 Å². The topological polar surface area (TPSA) is 31.6 Å². The molecule has 0 aliphatic heterocycles. The molecular weight excluding hydrogens is 256 g/mol. The van der Waals surface area contributed by atoms with E-state index in [-0.39, 0.29) is 6.29 Å². The standard InChI is InChI=1S/C15H28O3Si/c1-6-9-12-19(4,5)14-11-10-13(18-14)15(16-7-2)17-8-3/h10-11,15H,6-9,12H2,1-5H3. The summed E-state index contributed by atoms with van der Waals surface area (Å²) in [5, 5.41) is 1.15. The van der Waals surface area contributed by atoms with Crippen LogP contribution in [0.25, 0.3) is 0 Å². The Morgan fingerprint density at radius 1 is 1.11 bits per heavy atom. The number of rotatable bonds is 9. The Kier molecular flexibility index (Phi) is 6.83. The third-order valence-electron chi connectivity index (χ3n) is 3.32. The fraction of sp³-hybridized carbons (Fsp3) is 0.733. The zero-order chi connectivity index (χ0) is 14.3. The fourth-order valence-corrected chi connectivity index (χ4v) is 4.51. The van der Waals surface area contributed by atoms with Crippen molar-refractivity contribution in [3.8, 4) is 0 Å². The first-order valence-corrected chi connectivity index (χ1v) is 10.6. The summed E-state index contributed by atoms with van der Waals surface area (Å²) >= 11 is 0. The molecule has 0 saturated carbocycles. The maximum absolute atomic E-state index is 6.02. The molecule has 1 heterocycles. The molecule has 110 valence electrons. The molecule has 1 aromatic heterocycles. The number of hydrogen-bond donors (Lipinski definition) is 0. The minimum absolute atomic E-state index is 0.361. The molecule has 0 atom stereocenters. The second-order valence-electron chi connectivity index (χ2n) is 5.43. The highest BCUT2D eigenvalue weighted by Crippen LogP contribution is 2.22. The summed E-state index contributed by atoms with van der Waals surface area (Å²) < 4.78 is 17.2. The van der Waals surface area contributed by atoms with Gasteiger partial charge >= 0.3 is 0 Å². The van der Waals surface area contributed by atoms with Crippen LogP contribution in [0.2, 0.25) is 19.1 Å². The highest BCUT2D eigenvalue weighted by molar-refractivity contribution is 6.88. The maximum atomic E-state index is 6.02. The molecular formula is C15H28O3Si. The lowest BCUT2D eigenvalue weighted by Gasteiger charge is -2.19. The molecule has 1 rings (SSSR count). The summed E-state index contributed by atoms with van der Waals surface area (Å²) in [5.74, 6) is 0.802. The molecule has 1 aromatic rings. The molecule has 0 aliphatic rings. The first-order chi connectivity index (χ1) is 9.05.